The Morgan fingerprint density at radius 3 is 2.06 bits per heavy atom. The van der Waals surface area contributed by atoms with Crippen molar-refractivity contribution in [3.05, 3.63) is 0 Å². The average Bonchev–Trinajstić information content (AvgIpc) is 2.98. The van der Waals surface area contributed by atoms with E-state index in [4.69, 9.17) is 11.5 Å². The van der Waals surface area contributed by atoms with E-state index in [0.29, 0.717) is 13.0 Å². The Hall–Kier alpha value is -1.63. The number of hydrogen-bond donors (Lipinski definition) is 3. The quantitative estimate of drug-likeness (QED) is 0.584. The van der Waals surface area contributed by atoms with Crippen molar-refractivity contribution < 1.29 is 14.4 Å². The van der Waals surface area contributed by atoms with Crippen LogP contribution in [0, 0.1) is 27.6 Å². The fourth-order valence-corrected chi connectivity index (χ4v) is 7.84. The smallest absolute Gasteiger partial charge is 0.246 e. The second-order valence-corrected chi connectivity index (χ2v) is 13.0. The number of nitrogens with zero attached hydrogens (tertiary/aromatic N) is 1. The molecule has 0 radical (unpaired) electrons. The molecule has 0 aromatic rings. The summed E-state index contributed by atoms with van der Waals surface area (Å²) in [4.78, 5) is 41.3. The molecule has 3 aliphatic carbocycles. The number of amides is 3. The molecule has 1 saturated heterocycles. The van der Waals surface area contributed by atoms with Gasteiger partial charge in [-0.15, -0.1) is 0 Å². The fourth-order valence-electron chi connectivity index (χ4n) is 7.84. The molecule has 33 heavy (non-hydrogen) atoms. The molecule has 4 atom stereocenters. The molecule has 2 unspecified atom stereocenters. The van der Waals surface area contributed by atoms with Crippen LogP contribution in [0.15, 0.2) is 0 Å². The Morgan fingerprint density at radius 2 is 1.61 bits per heavy atom. The first-order valence-electron chi connectivity index (χ1n) is 12.9. The third-order valence-corrected chi connectivity index (χ3v) is 10.3. The minimum absolute atomic E-state index is 0.0570. The van der Waals surface area contributed by atoms with Crippen LogP contribution in [-0.2, 0) is 14.4 Å². The molecule has 0 aromatic heterocycles. The van der Waals surface area contributed by atoms with Gasteiger partial charge in [-0.25, -0.2) is 0 Å². The third-order valence-electron chi connectivity index (χ3n) is 10.3. The lowest BCUT2D eigenvalue weighted by molar-refractivity contribution is -0.143. The van der Waals surface area contributed by atoms with Crippen LogP contribution in [0.2, 0.25) is 0 Å². The Balaban J connectivity index is 1.55. The molecule has 4 fully saturated rings. The third kappa shape index (κ3) is 3.52. The molecule has 2 spiro atoms. The van der Waals surface area contributed by atoms with Gasteiger partial charge in [-0.1, -0.05) is 60.3 Å². The molecule has 4 rings (SSSR count). The van der Waals surface area contributed by atoms with Gasteiger partial charge in [0.2, 0.25) is 17.7 Å². The molecule has 0 aromatic carbocycles. The van der Waals surface area contributed by atoms with Gasteiger partial charge in [0.1, 0.15) is 12.1 Å². The van der Waals surface area contributed by atoms with Gasteiger partial charge >= 0.3 is 0 Å². The zero-order chi connectivity index (χ0) is 24.4. The van der Waals surface area contributed by atoms with Gasteiger partial charge in [0.25, 0.3) is 0 Å². The number of nitrogens with one attached hydrogen (secondary N) is 1. The Labute approximate surface area is 198 Å². The summed E-state index contributed by atoms with van der Waals surface area (Å²) in [5.41, 5.74) is 11.9. The number of carbonyl (C=O) groups excluding carboxylic acids is 3. The first kappa shape index (κ1) is 24.5. The summed E-state index contributed by atoms with van der Waals surface area (Å²) in [6.07, 6.45) is 9.45. The topological polar surface area (TPSA) is 119 Å². The van der Waals surface area contributed by atoms with Crippen LogP contribution in [0.25, 0.3) is 0 Å². The van der Waals surface area contributed by atoms with E-state index < -0.39 is 29.4 Å². The van der Waals surface area contributed by atoms with Gasteiger partial charge in [-0.05, 0) is 54.3 Å². The molecule has 4 aliphatic rings. The van der Waals surface area contributed by atoms with Crippen LogP contribution < -0.4 is 16.8 Å². The van der Waals surface area contributed by atoms with Gasteiger partial charge in [0.15, 0.2) is 0 Å². The lowest BCUT2D eigenvalue weighted by Crippen LogP contribution is -2.60. The molecule has 0 bridgehead atoms. The maximum atomic E-state index is 13.9. The van der Waals surface area contributed by atoms with Crippen molar-refractivity contribution in [2.45, 2.75) is 111 Å². The summed E-state index contributed by atoms with van der Waals surface area (Å²) in [5.74, 6) is -0.754. The molecule has 3 amide bonds. The number of primary amides is 1. The predicted octanol–water partition coefficient (Wildman–Crippen LogP) is 2.71. The molecule has 7 heteroatoms. The summed E-state index contributed by atoms with van der Waals surface area (Å²) >= 11 is 0. The second-order valence-electron chi connectivity index (χ2n) is 13.0. The highest BCUT2D eigenvalue weighted by molar-refractivity contribution is 5.94. The molecule has 3 saturated carbocycles. The standard InChI is InChI=1S/C26H44N4O3/c1-23(2,3)19(29-21(32)18(27)16-10-7-6-8-11-16)22(33)30-15-26(14-17(30)20(28)31)24(4,5)25(26)12-9-13-25/h16-19H,6-15,27H2,1-5H3,(H2,28,31)(H,29,32)/t17?,18?,19-,26-/m1/s1. The maximum Gasteiger partial charge on any atom is 0.246 e. The van der Waals surface area contributed by atoms with Crippen LogP contribution in [0.5, 0.6) is 0 Å². The Kier molecular flexibility index (Phi) is 5.91. The van der Waals surface area contributed by atoms with Crippen molar-refractivity contribution in [1.82, 2.24) is 10.2 Å². The number of fused-ring (bicyclic) bond motifs is 1. The van der Waals surface area contributed by atoms with E-state index in [1.54, 1.807) is 4.90 Å². The van der Waals surface area contributed by atoms with Gasteiger partial charge < -0.3 is 21.7 Å². The summed E-state index contributed by atoms with van der Waals surface area (Å²) in [7, 11) is 0. The zero-order valence-electron chi connectivity index (χ0n) is 21.2. The first-order chi connectivity index (χ1) is 15.3. The highest BCUT2D eigenvalue weighted by atomic mass is 16.2. The van der Waals surface area contributed by atoms with Gasteiger partial charge in [-0.2, -0.15) is 0 Å². The average molecular weight is 461 g/mol. The lowest BCUT2D eigenvalue weighted by atomic mass is 9.73. The first-order valence-corrected chi connectivity index (χ1v) is 12.9. The van der Waals surface area contributed by atoms with E-state index in [1.807, 2.05) is 20.8 Å². The number of hydrogen-bond acceptors (Lipinski definition) is 4. The Bertz CT molecular complexity index is 822. The van der Waals surface area contributed by atoms with E-state index in [9.17, 15) is 14.4 Å². The number of likely N-dealkylation sites (tertiary alicyclic amines) is 1. The van der Waals surface area contributed by atoms with Crippen LogP contribution >= 0.6 is 0 Å². The SMILES string of the molecule is CC(C)(C)[C@H](NC(=O)C(N)C1CCCCC1)C(=O)N1C[C@]2(CC1C(N)=O)C(C)(C)C21CCC1. The Morgan fingerprint density at radius 1 is 1.00 bits per heavy atom. The highest BCUT2D eigenvalue weighted by Gasteiger charge is 2.85. The number of carbonyl (C=O) groups is 3. The molecule has 1 heterocycles. The van der Waals surface area contributed by atoms with Gasteiger partial charge in [0.05, 0.1) is 6.04 Å². The molecular formula is C26H44N4O3. The van der Waals surface area contributed by atoms with Crippen LogP contribution in [0.3, 0.4) is 0 Å². The largest absolute Gasteiger partial charge is 0.368 e. The summed E-state index contributed by atoms with van der Waals surface area (Å²) in [6, 6.07) is -1.98. The molecule has 5 N–H and O–H groups in total. The minimum atomic E-state index is -0.754. The zero-order valence-corrected chi connectivity index (χ0v) is 21.2. The van der Waals surface area contributed by atoms with Crippen molar-refractivity contribution in [1.29, 1.82) is 0 Å². The minimum Gasteiger partial charge on any atom is -0.368 e. The van der Waals surface area contributed by atoms with Crippen molar-refractivity contribution in [2.75, 3.05) is 6.54 Å². The number of nitrogens with two attached hydrogens (primary N) is 2. The fraction of sp³-hybridized carbons (Fsp3) is 0.885. The highest BCUT2D eigenvalue weighted by Crippen LogP contribution is 2.88. The summed E-state index contributed by atoms with van der Waals surface area (Å²) in [6.45, 7) is 10.9. The van der Waals surface area contributed by atoms with Crippen LogP contribution in [0.4, 0.5) is 0 Å². The molecule has 186 valence electrons. The van der Waals surface area contributed by atoms with Crippen molar-refractivity contribution >= 4 is 17.7 Å². The maximum absolute atomic E-state index is 13.9. The van der Waals surface area contributed by atoms with Crippen molar-refractivity contribution in [3.8, 4) is 0 Å². The molecule has 1 aliphatic heterocycles. The normalized spacial score (nSPS) is 32.3. The monoisotopic (exact) mass is 460 g/mol. The van der Waals surface area contributed by atoms with E-state index in [1.165, 1.54) is 12.8 Å². The summed E-state index contributed by atoms with van der Waals surface area (Å²) < 4.78 is 0. The van der Waals surface area contributed by atoms with Crippen LogP contribution in [-0.4, -0.2) is 47.3 Å². The number of rotatable bonds is 5. The van der Waals surface area contributed by atoms with E-state index in [0.717, 1.165) is 38.5 Å². The molecule has 7 nitrogen and oxygen atoms in total. The molecular weight excluding hydrogens is 416 g/mol. The van der Waals surface area contributed by atoms with Crippen molar-refractivity contribution in [3.63, 3.8) is 0 Å². The summed E-state index contributed by atoms with van der Waals surface area (Å²) in [5, 5.41) is 3.00. The predicted molar refractivity (Wildman–Crippen MR) is 128 cm³/mol. The van der Waals surface area contributed by atoms with Crippen molar-refractivity contribution in [2.24, 2.45) is 39.0 Å². The van der Waals surface area contributed by atoms with E-state index in [2.05, 4.69) is 19.2 Å². The lowest BCUT2D eigenvalue weighted by Gasteiger charge is -2.37. The van der Waals surface area contributed by atoms with E-state index >= 15 is 0 Å². The van der Waals surface area contributed by atoms with E-state index in [-0.39, 0.29) is 34.0 Å². The van der Waals surface area contributed by atoms with Gasteiger partial charge in [0, 0.05) is 12.0 Å². The van der Waals surface area contributed by atoms with Crippen LogP contribution in [0.1, 0.15) is 92.4 Å². The van der Waals surface area contributed by atoms with Gasteiger partial charge in [-0.3, -0.25) is 14.4 Å². The second kappa shape index (κ2) is 7.96.